The third-order valence-corrected chi connectivity index (χ3v) is 5.87. The third kappa shape index (κ3) is 2.73. The molecule has 1 aromatic carbocycles. The molecule has 1 aromatic rings. The number of hydrogen-bond acceptors (Lipinski definition) is 3. The number of carboxylic acids is 1. The van der Waals surface area contributed by atoms with E-state index in [-0.39, 0.29) is 17.9 Å². The highest BCUT2D eigenvalue weighted by molar-refractivity contribution is 7.89. The first-order valence-corrected chi connectivity index (χ1v) is 8.44. The topological polar surface area (TPSA) is 74.7 Å². The highest BCUT2D eigenvalue weighted by atomic mass is 32.2. The third-order valence-electron chi connectivity index (χ3n) is 3.98. The molecule has 1 saturated carbocycles. The first kappa shape index (κ1) is 14.3. The molecule has 0 spiro atoms. The first-order chi connectivity index (χ1) is 10.00. The van der Waals surface area contributed by atoms with Crippen molar-refractivity contribution in [2.75, 3.05) is 6.54 Å². The molecule has 1 N–H and O–H groups in total. The Balaban J connectivity index is 1.91. The van der Waals surface area contributed by atoms with Gasteiger partial charge in [-0.1, -0.05) is 24.3 Å². The van der Waals surface area contributed by atoms with Crippen LogP contribution in [0.1, 0.15) is 30.7 Å². The van der Waals surface area contributed by atoms with Gasteiger partial charge in [-0.2, -0.15) is 4.31 Å². The van der Waals surface area contributed by atoms with Gasteiger partial charge < -0.3 is 5.11 Å². The van der Waals surface area contributed by atoms with Crippen LogP contribution in [0.2, 0.25) is 0 Å². The van der Waals surface area contributed by atoms with Gasteiger partial charge in [0, 0.05) is 6.54 Å². The molecule has 0 saturated heterocycles. The van der Waals surface area contributed by atoms with Crippen molar-refractivity contribution < 1.29 is 18.3 Å². The van der Waals surface area contributed by atoms with Crippen LogP contribution >= 0.6 is 0 Å². The Bertz CT molecular complexity index is 674. The molecular weight excluding hydrogens is 290 g/mol. The van der Waals surface area contributed by atoms with Crippen LogP contribution in [0.25, 0.3) is 0 Å². The summed E-state index contributed by atoms with van der Waals surface area (Å²) in [6, 6.07) is 5.81. The van der Waals surface area contributed by atoms with Gasteiger partial charge in [0.05, 0.1) is 4.90 Å². The van der Waals surface area contributed by atoms with Gasteiger partial charge in [-0.3, -0.25) is 4.79 Å². The van der Waals surface area contributed by atoms with Gasteiger partial charge in [0.1, 0.15) is 6.04 Å². The Hall–Kier alpha value is -1.66. The molecule has 5 nitrogen and oxygen atoms in total. The molecule has 21 heavy (non-hydrogen) atoms. The fraction of sp³-hybridized carbons (Fsp3) is 0.400. The fourth-order valence-corrected chi connectivity index (χ4v) is 4.15. The minimum Gasteiger partial charge on any atom is -0.480 e. The number of sulfonamides is 1. The van der Waals surface area contributed by atoms with Crippen LogP contribution in [0, 0.1) is 0 Å². The van der Waals surface area contributed by atoms with Crippen LogP contribution in [-0.4, -0.2) is 36.4 Å². The Morgan fingerprint density at radius 2 is 1.81 bits per heavy atom. The highest BCUT2D eigenvalue weighted by Gasteiger charge is 2.36. The monoisotopic (exact) mass is 307 g/mol. The molecule has 0 radical (unpaired) electrons. The predicted molar refractivity (Wildman–Crippen MR) is 77.5 cm³/mol. The van der Waals surface area contributed by atoms with Gasteiger partial charge in [0.15, 0.2) is 0 Å². The van der Waals surface area contributed by atoms with Crippen molar-refractivity contribution >= 4 is 16.0 Å². The molecule has 3 rings (SSSR count). The van der Waals surface area contributed by atoms with Crippen molar-refractivity contribution in [3.05, 3.63) is 42.0 Å². The smallest absolute Gasteiger partial charge is 0.322 e. The molecule has 0 bridgehead atoms. The van der Waals surface area contributed by atoms with Crippen molar-refractivity contribution in [2.45, 2.75) is 36.1 Å². The van der Waals surface area contributed by atoms with Crippen LogP contribution in [-0.2, 0) is 14.8 Å². The highest BCUT2D eigenvalue weighted by Crippen LogP contribution is 2.40. The summed E-state index contributed by atoms with van der Waals surface area (Å²) in [7, 11) is -3.78. The lowest BCUT2D eigenvalue weighted by Crippen LogP contribution is -2.46. The largest absolute Gasteiger partial charge is 0.480 e. The van der Waals surface area contributed by atoms with Crippen LogP contribution in [0.3, 0.4) is 0 Å². The van der Waals surface area contributed by atoms with Gasteiger partial charge in [-0.25, -0.2) is 8.42 Å². The van der Waals surface area contributed by atoms with E-state index in [1.807, 2.05) is 12.1 Å². The van der Waals surface area contributed by atoms with E-state index in [1.54, 1.807) is 24.3 Å². The van der Waals surface area contributed by atoms with E-state index in [2.05, 4.69) is 0 Å². The van der Waals surface area contributed by atoms with E-state index in [0.717, 1.165) is 22.7 Å². The lowest BCUT2D eigenvalue weighted by atomic mass is 10.1. The minimum absolute atomic E-state index is 0.101. The number of rotatable bonds is 4. The quantitative estimate of drug-likeness (QED) is 0.863. The van der Waals surface area contributed by atoms with E-state index < -0.39 is 22.0 Å². The Morgan fingerprint density at radius 3 is 2.38 bits per heavy atom. The molecule has 1 unspecified atom stereocenters. The molecule has 1 atom stereocenters. The zero-order chi connectivity index (χ0) is 15.0. The molecule has 2 aliphatic rings. The summed E-state index contributed by atoms with van der Waals surface area (Å²) >= 11 is 0. The molecule has 112 valence electrons. The standard InChI is InChI=1S/C15H17NO4S/c17-15(18)14-3-1-2-10-16(14)21(19,20)13-8-6-12(7-9-13)11-4-5-11/h1-2,6-9,11,14H,3-5,10H2,(H,17,18). The molecule has 1 aliphatic heterocycles. The second-order valence-electron chi connectivity index (χ2n) is 5.48. The summed E-state index contributed by atoms with van der Waals surface area (Å²) in [6.07, 6.45) is 5.92. The van der Waals surface area contributed by atoms with E-state index in [1.165, 1.54) is 0 Å². The lowest BCUT2D eigenvalue weighted by molar-refractivity contribution is -0.141. The van der Waals surface area contributed by atoms with Crippen molar-refractivity contribution in [2.24, 2.45) is 0 Å². The average Bonchev–Trinajstić information content (AvgIpc) is 3.32. The lowest BCUT2D eigenvalue weighted by Gasteiger charge is -2.29. The number of aliphatic carboxylic acids is 1. The van der Waals surface area contributed by atoms with Gasteiger partial charge in [0.2, 0.25) is 10.0 Å². The normalized spacial score (nSPS) is 23.1. The maximum absolute atomic E-state index is 12.6. The fourth-order valence-electron chi connectivity index (χ4n) is 2.60. The Labute approximate surface area is 123 Å². The van der Waals surface area contributed by atoms with Crippen molar-refractivity contribution in [3.63, 3.8) is 0 Å². The number of carbonyl (C=O) groups is 1. The number of benzene rings is 1. The van der Waals surface area contributed by atoms with Crippen LogP contribution in [0.15, 0.2) is 41.3 Å². The number of hydrogen-bond donors (Lipinski definition) is 1. The van der Waals surface area contributed by atoms with Crippen molar-refractivity contribution in [3.8, 4) is 0 Å². The molecule has 0 aromatic heterocycles. The average molecular weight is 307 g/mol. The number of carboxylic acid groups (broad SMARTS) is 1. The predicted octanol–water partition coefficient (Wildman–Crippen LogP) is 1.97. The summed E-state index contributed by atoms with van der Waals surface area (Å²) in [5.41, 5.74) is 1.15. The summed E-state index contributed by atoms with van der Waals surface area (Å²) in [5, 5.41) is 9.20. The second kappa shape index (κ2) is 5.27. The van der Waals surface area contributed by atoms with Crippen LogP contribution in [0.4, 0.5) is 0 Å². The Morgan fingerprint density at radius 1 is 1.14 bits per heavy atom. The molecule has 6 heteroatoms. The van der Waals surface area contributed by atoms with Crippen molar-refractivity contribution in [1.29, 1.82) is 0 Å². The van der Waals surface area contributed by atoms with Gasteiger partial charge in [-0.05, 0) is 42.9 Å². The summed E-state index contributed by atoms with van der Waals surface area (Å²) < 4.78 is 26.3. The van der Waals surface area contributed by atoms with E-state index in [9.17, 15) is 18.3 Å². The molecule has 1 aliphatic carbocycles. The zero-order valence-electron chi connectivity index (χ0n) is 11.5. The van der Waals surface area contributed by atoms with E-state index >= 15 is 0 Å². The summed E-state index contributed by atoms with van der Waals surface area (Å²) in [6.45, 7) is 0.101. The van der Waals surface area contributed by atoms with Crippen LogP contribution in [0.5, 0.6) is 0 Å². The van der Waals surface area contributed by atoms with Gasteiger partial charge in [0.25, 0.3) is 0 Å². The Kier molecular flexibility index (Phi) is 3.59. The van der Waals surface area contributed by atoms with Crippen molar-refractivity contribution in [1.82, 2.24) is 4.31 Å². The minimum atomic E-state index is -3.78. The molecule has 0 amide bonds. The molecule has 1 fully saturated rings. The maximum Gasteiger partial charge on any atom is 0.322 e. The van der Waals surface area contributed by atoms with E-state index in [4.69, 9.17) is 0 Å². The molecule has 1 heterocycles. The second-order valence-corrected chi connectivity index (χ2v) is 7.37. The zero-order valence-corrected chi connectivity index (χ0v) is 12.3. The summed E-state index contributed by atoms with van der Waals surface area (Å²) in [4.78, 5) is 11.4. The van der Waals surface area contributed by atoms with Gasteiger partial charge in [-0.15, -0.1) is 0 Å². The summed E-state index contributed by atoms with van der Waals surface area (Å²) in [5.74, 6) is -0.552. The SMILES string of the molecule is O=C(O)C1CC=CCN1S(=O)(=O)c1ccc(C2CC2)cc1. The van der Waals surface area contributed by atoms with Crippen LogP contribution < -0.4 is 0 Å². The number of nitrogens with zero attached hydrogens (tertiary/aromatic N) is 1. The first-order valence-electron chi connectivity index (χ1n) is 7.00. The van der Waals surface area contributed by atoms with Gasteiger partial charge >= 0.3 is 5.97 Å². The maximum atomic E-state index is 12.6. The molecular formula is C15H17NO4S. The van der Waals surface area contributed by atoms with E-state index in [0.29, 0.717) is 5.92 Å².